The van der Waals surface area contributed by atoms with Crippen molar-refractivity contribution in [3.8, 4) is 0 Å². The average molecular weight is 285 g/mol. The quantitative estimate of drug-likeness (QED) is 0.590. The predicted molar refractivity (Wildman–Crippen MR) is 76.4 cm³/mol. The van der Waals surface area contributed by atoms with Gasteiger partial charge in [0.15, 0.2) is 0 Å². The minimum Gasteiger partial charge on any atom is -0.395 e. The molecule has 0 aliphatic heterocycles. The summed E-state index contributed by atoms with van der Waals surface area (Å²) in [6, 6.07) is 3.35. The molecule has 1 aromatic rings. The summed E-state index contributed by atoms with van der Waals surface area (Å²) in [7, 11) is 0. The summed E-state index contributed by atoms with van der Waals surface area (Å²) in [6.07, 6.45) is 5.90. The standard InChI is InChI=1S/C14H21ClN2O2/c1-2-3-4-5-9-17(10-11-18)14(19)12-7-6-8-16-13(12)15/h6-8,18H,2-5,9-11H2,1H3. The van der Waals surface area contributed by atoms with Gasteiger partial charge in [-0.2, -0.15) is 0 Å². The molecule has 0 fully saturated rings. The molecule has 1 N–H and O–H groups in total. The summed E-state index contributed by atoms with van der Waals surface area (Å²) in [5.74, 6) is -0.163. The fourth-order valence-electron chi connectivity index (χ4n) is 1.88. The van der Waals surface area contributed by atoms with Gasteiger partial charge >= 0.3 is 0 Å². The number of hydrogen-bond acceptors (Lipinski definition) is 3. The average Bonchev–Trinajstić information content (AvgIpc) is 2.42. The first-order valence-electron chi connectivity index (χ1n) is 6.71. The van der Waals surface area contributed by atoms with Gasteiger partial charge < -0.3 is 10.0 Å². The Hall–Kier alpha value is -1.13. The summed E-state index contributed by atoms with van der Waals surface area (Å²) < 4.78 is 0. The van der Waals surface area contributed by atoms with E-state index in [1.807, 2.05) is 0 Å². The van der Waals surface area contributed by atoms with Crippen molar-refractivity contribution in [2.24, 2.45) is 0 Å². The van der Waals surface area contributed by atoms with E-state index in [9.17, 15) is 4.79 Å². The third-order valence-electron chi connectivity index (χ3n) is 2.93. The molecule has 1 heterocycles. The number of aromatic nitrogens is 1. The molecule has 0 aromatic carbocycles. The first-order valence-corrected chi connectivity index (χ1v) is 7.09. The molecule has 19 heavy (non-hydrogen) atoms. The normalized spacial score (nSPS) is 10.5. The number of aliphatic hydroxyl groups excluding tert-OH is 1. The van der Waals surface area contributed by atoms with Crippen LogP contribution in [-0.4, -0.2) is 40.6 Å². The van der Waals surface area contributed by atoms with E-state index < -0.39 is 0 Å². The Bertz CT molecular complexity index is 399. The van der Waals surface area contributed by atoms with Crippen molar-refractivity contribution in [2.75, 3.05) is 19.7 Å². The Morgan fingerprint density at radius 3 is 2.79 bits per heavy atom. The zero-order valence-corrected chi connectivity index (χ0v) is 12.1. The molecule has 5 heteroatoms. The largest absolute Gasteiger partial charge is 0.395 e. The van der Waals surface area contributed by atoms with Gasteiger partial charge in [0.2, 0.25) is 0 Å². The molecule has 106 valence electrons. The third kappa shape index (κ3) is 5.17. The highest BCUT2D eigenvalue weighted by Crippen LogP contribution is 2.15. The number of rotatable bonds is 8. The van der Waals surface area contributed by atoms with Crippen LogP contribution in [0.5, 0.6) is 0 Å². The van der Waals surface area contributed by atoms with Crippen LogP contribution in [0.15, 0.2) is 18.3 Å². The van der Waals surface area contributed by atoms with Crippen molar-refractivity contribution in [3.05, 3.63) is 29.0 Å². The Morgan fingerprint density at radius 2 is 2.16 bits per heavy atom. The summed E-state index contributed by atoms with van der Waals surface area (Å²) in [5.41, 5.74) is 0.396. The number of halogens is 1. The number of amides is 1. The van der Waals surface area contributed by atoms with Crippen molar-refractivity contribution < 1.29 is 9.90 Å². The van der Waals surface area contributed by atoms with E-state index in [1.165, 1.54) is 0 Å². The molecule has 4 nitrogen and oxygen atoms in total. The number of carbonyl (C=O) groups excluding carboxylic acids is 1. The van der Waals surface area contributed by atoms with Crippen LogP contribution >= 0.6 is 11.6 Å². The first kappa shape index (κ1) is 15.9. The lowest BCUT2D eigenvalue weighted by molar-refractivity contribution is 0.0718. The predicted octanol–water partition coefficient (Wildman–Crippen LogP) is 2.75. The van der Waals surface area contributed by atoms with E-state index in [2.05, 4.69) is 11.9 Å². The van der Waals surface area contributed by atoms with Gasteiger partial charge in [0, 0.05) is 19.3 Å². The maximum atomic E-state index is 12.3. The highest BCUT2D eigenvalue weighted by atomic mass is 35.5. The highest BCUT2D eigenvalue weighted by molar-refractivity contribution is 6.32. The second kappa shape index (κ2) is 8.88. The molecule has 0 aliphatic carbocycles. The molecule has 1 rings (SSSR count). The van der Waals surface area contributed by atoms with Crippen molar-refractivity contribution in [1.29, 1.82) is 0 Å². The number of carbonyl (C=O) groups is 1. The third-order valence-corrected chi connectivity index (χ3v) is 3.23. The molecular formula is C14H21ClN2O2. The maximum Gasteiger partial charge on any atom is 0.257 e. The van der Waals surface area contributed by atoms with E-state index >= 15 is 0 Å². The van der Waals surface area contributed by atoms with Gasteiger partial charge in [-0.3, -0.25) is 4.79 Å². The Labute approximate surface area is 119 Å². The fourth-order valence-corrected chi connectivity index (χ4v) is 2.08. The molecular weight excluding hydrogens is 264 g/mol. The molecule has 0 bridgehead atoms. The van der Waals surface area contributed by atoms with Gasteiger partial charge in [-0.15, -0.1) is 0 Å². The van der Waals surface area contributed by atoms with Gasteiger partial charge in [0.05, 0.1) is 12.2 Å². The van der Waals surface area contributed by atoms with Crippen LogP contribution in [0.3, 0.4) is 0 Å². The van der Waals surface area contributed by atoms with Crippen LogP contribution in [-0.2, 0) is 0 Å². The fraction of sp³-hybridized carbons (Fsp3) is 0.571. The zero-order valence-electron chi connectivity index (χ0n) is 11.3. The van der Waals surface area contributed by atoms with Crippen LogP contribution < -0.4 is 0 Å². The van der Waals surface area contributed by atoms with E-state index in [0.29, 0.717) is 18.7 Å². The zero-order chi connectivity index (χ0) is 14.1. The minimum absolute atomic E-state index is 0.0442. The number of aliphatic hydroxyl groups is 1. The maximum absolute atomic E-state index is 12.3. The van der Waals surface area contributed by atoms with Gasteiger partial charge in [-0.05, 0) is 18.6 Å². The molecule has 0 atom stereocenters. The Morgan fingerprint density at radius 1 is 1.37 bits per heavy atom. The van der Waals surface area contributed by atoms with Crippen LogP contribution in [0.25, 0.3) is 0 Å². The topological polar surface area (TPSA) is 53.4 Å². The Balaban J connectivity index is 2.64. The molecule has 1 aromatic heterocycles. The second-order valence-electron chi connectivity index (χ2n) is 4.42. The monoisotopic (exact) mass is 284 g/mol. The summed E-state index contributed by atoms with van der Waals surface area (Å²) in [6.45, 7) is 3.07. The lowest BCUT2D eigenvalue weighted by atomic mass is 10.2. The van der Waals surface area contributed by atoms with Crippen molar-refractivity contribution in [3.63, 3.8) is 0 Å². The molecule has 1 amide bonds. The molecule has 0 radical (unpaired) electrons. The lowest BCUT2D eigenvalue weighted by Gasteiger charge is -2.22. The number of pyridine rings is 1. The van der Waals surface area contributed by atoms with Crippen LogP contribution in [0, 0.1) is 0 Å². The molecule has 0 spiro atoms. The summed E-state index contributed by atoms with van der Waals surface area (Å²) in [4.78, 5) is 17.9. The SMILES string of the molecule is CCCCCCN(CCO)C(=O)c1cccnc1Cl. The van der Waals surface area contributed by atoms with Crippen molar-refractivity contribution >= 4 is 17.5 Å². The van der Waals surface area contributed by atoms with Gasteiger partial charge in [-0.25, -0.2) is 4.98 Å². The molecule has 0 saturated carbocycles. The van der Waals surface area contributed by atoms with Crippen LogP contribution in [0.2, 0.25) is 5.15 Å². The Kier molecular flexibility index (Phi) is 7.45. The molecule has 0 unspecified atom stereocenters. The van der Waals surface area contributed by atoms with E-state index in [1.54, 1.807) is 23.2 Å². The minimum atomic E-state index is -0.163. The smallest absolute Gasteiger partial charge is 0.257 e. The van der Waals surface area contributed by atoms with E-state index in [0.717, 1.165) is 25.7 Å². The van der Waals surface area contributed by atoms with E-state index in [-0.39, 0.29) is 17.7 Å². The van der Waals surface area contributed by atoms with Crippen LogP contribution in [0.1, 0.15) is 43.0 Å². The first-order chi connectivity index (χ1) is 9.20. The molecule has 0 aliphatic rings. The van der Waals surface area contributed by atoms with Gasteiger partial charge in [-0.1, -0.05) is 37.8 Å². The lowest BCUT2D eigenvalue weighted by Crippen LogP contribution is -2.34. The number of hydrogen-bond donors (Lipinski definition) is 1. The number of unbranched alkanes of at least 4 members (excludes halogenated alkanes) is 3. The van der Waals surface area contributed by atoms with Crippen molar-refractivity contribution in [2.45, 2.75) is 32.6 Å². The van der Waals surface area contributed by atoms with Gasteiger partial charge in [0.25, 0.3) is 5.91 Å². The second-order valence-corrected chi connectivity index (χ2v) is 4.78. The van der Waals surface area contributed by atoms with E-state index in [4.69, 9.17) is 16.7 Å². The van der Waals surface area contributed by atoms with Gasteiger partial charge in [0.1, 0.15) is 5.15 Å². The molecule has 0 saturated heterocycles. The van der Waals surface area contributed by atoms with Crippen LogP contribution in [0.4, 0.5) is 0 Å². The highest BCUT2D eigenvalue weighted by Gasteiger charge is 2.17. The summed E-state index contributed by atoms with van der Waals surface area (Å²) in [5, 5.41) is 9.27. The number of nitrogens with zero attached hydrogens (tertiary/aromatic N) is 2. The van der Waals surface area contributed by atoms with Crippen molar-refractivity contribution in [1.82, 2.24) is 9.88 Å². The summed E-state index contributed by atoms with van der Waals surface area (Å²) >= 11 is 5.93.